The summed E-state index contributed by atoms with van der Waals surface area (Å²) in [6.45, 7) is 0. The molecule has 3 aromatic rings. The molecule has 0 spiro atoms. The average molecular weight is 289 g/mol. The van der Waals surface area contributed by atoms with Crippen molar-refractivity contribution in [3.63, 3.8) is 0 Å². The van der Waals surface area contributed by atoms with Crippen LogP contribution in [0.3, 0.4) is 0 Å². The monoisotopic (exact) mass is 289 g/mol. The van der Waals surface area contributed by atoms with Crippen molar-refractivity contribution >= 4 is 11.6 Å². The summed E-state index contributed by atoms with van der Waals surface area (Å²) in [6.07, 6.45) is 1.39. The molecule has 1 N–H and O–H groups in total. The summed E-state index contributed by atoms with van der Waals surface area (Å²) in [5, 5.41) is 15.2. The number of amides is 1. The lowest BCUT2D eigenvalue weighted by molar-refractivity contribution is 0.102. The topological polar surface area (TPSA) is 78.9 Å². The summed E-state index contributed by atoms with van der Waals surface area (Å²) >= 11 is 0. The molecule has 0 atom stereocenters. The summed E-state index contributed by atoms with van der Waals surface area (Å²) in [6, 6.07) is 18.0. The molecule has 0 aliphatic rings. The summed E-state index contributed by atoms with van der Waals surface area (Å²) in [5.74, 6) is 0.108. The molecule has 0 unspecified atom stereocenters. The number of hydrogen-bond donors (Lipinski definition) is 1. The van der Waals surface area contributed by atoms with Gasteiger partial charge in [-0.15, -0.1) is 0 Å². The maximum Gasteiger partial charge on any atom is 0.261 e. The Morgan fingerprint density at radius 3 is 2.50 bits per heavy atom. The fourth-order valence-electron chi connectivity index (χ4n) is 2.03. The van der Waals surface area contributed by atoms with E-state index in [4.69, 9.17) is 9.78 Å². The number of carbonyl (C=O) groups excluding carboxylic acids is 1. The van der Waals surface area contributed by atoms with E-state index in [1.807, 2.05) is 36.4 Å². The van der Waals surface area contributed by atoms with E-state index in [0.717, 1.165) is 5.56 Å². The molecule has 5 heteroatoms. The summed E-state index contributed by atoms with van der Waals surface area (Å²) in [5.41, 5.74) is 2.28. The van der Waals surface area contributed by atoms with Gasteiger partial charge in [0.25, 0.3) is 5.91 Å². The Balaban J connectivity index is 1.84. The third-order valence-electron chi connectivity index (χ3n) is 3.12. The first-order valence-corrected chi connectivity index (χ1v) is 6.59. The Morgan fingerprint density at radius 2 is 1.82 bits per heavy atom. The third kappa shape index (κ3) is 2.72. The number of hydrogen-bond acceptors (Lipinski definition) is 4. The Bertz CT molecular complexity index is 830. The van der Waals surface area contributed by atoms with Crippen molar-refractivity contribution in [3.05, 3.63) is 71.9 Å². The Kier molecular flexibility index (Phi) is 3.67. The van der Waals surface area contributed by atoms with Crippen molar-refractivity contribution in [1.29, 1.82) is 5.26 Å². The zero-order valence-electron chi connectivity index (χ0n) is 11.5. The van der Waals surface area contributed by atoms with Crippen molar-refractivity contribution in [2.75, 3.05) is 5.32 Å². The highest BCUT2D eigenvalue weighted by Crippen LogP contribution is 2.24. The lowest BCUT2D eigenvalue weighted by Gasteiger charge is -2.04. The van der Waals surface area contributed by atoms with Gasteiger partial charge in [-0.25, -0.2) is 0 Å². The van der Waals surface area contributed by atoms with Crippen molar-refractivity contribution in [2.45, 2.75) is 0 Å². The molecule has 1 amide bonds. The molecule has 5 nitrogen and oxygen atoms in total. The van der Waals surface area contributed by atoms with Gasteiger partial charge in [-0.3, -0.25) is 4.79 Å². The summed E-state index contributed by atoms with van der Waals surface area (Å²) in [4.78, 5) is 12.3. The first kappa shape index (κ1) is 13.6. The zero-order valence-corrected chi connectivity index (χ0v) is 11.5. The first-order chi connectivity index (χ1) is 10.8. The molecule has 3 rings (SSSR count). The van der Waals surface area contributed by atoms with Gasteiger partial charge in [0.05, 0.1) is 17.8 Å². The normalized spacial score (nSPS) is 9.95. The average Bonchev–Trinajstić information content (AvgIpc) is 3.06. The standard InChI is InChI=1S/C17H11N3O2/c18-10-12-6-8-14(9-7-12)20-17(21)15-11-19-22-16(15)13-4-2-1-3-5-13/h1-9,11H,(H,20,21). The highest BCUT2D eigenvalue weighted by Gasteiger charge is 2.17. The predicted molar refractivity (Wildman–Crippen MR) is 81.0 cm³/mol. The first-order valence-electron chi connectivity index (χ1n) is 6.59. The van der Waals surface area contributed by atoms with Gasteiger partial charge in [0.15, 0.2) is 5.76 Å². The molecule has 0 fully saturated rings. The molecule has 0 saturated carbocycles. The third-order valence-corrected chi connectivity index (χ3v) is 3.12. The second-order valence-electron chi connectivity index (χ2n) is 4.58. The minimum atomic E-state index is -0.315. The van der Waals surface area contributed by atoms with Gasteiger partial charge in [0, 0.05) is 11.3 Å². The van der Waals surface area contributed by atoms with E-state index in [-0.39, 0.29) is 5.91 Å². The number of nitriles is 1. The Hall–Kier alpha value is -3.39. The lowest BCUT2D eigenvalue weighted by Crippen LogP contribution is -2.11. The van der Waals surface area contributed by atoms with E-state index in [1.54, 1.807) is 24.3 Å². The molecule has 22 heavy (non-hydrogen) atoms. The smallest absolute Gasteiger partial charge is 0.261 e. The molecule has 106 valence electrons. The number of rotatable bonds is 3. The molecule has 0 aliphatic carbocycles. The van der Waals surface area contributed by atoms with Crippen molar-refractivity contribution in [3.8, 4) is 17.4 Å². The largest absolute Gasteiger partial charge is 0.355 e. The van der Waals surface area contributed by atoms with Crippen LogP contribution in [0.4, 0.5) is 5.69 Å². The van der Waals surface area contributed by atoms with Gasteiger partial charge in [0.1, 0.15) is 5.56 Å². The van der Waals surface area contributed by atoms with Crippen LogP contribution in [0.15, 0.2) is 65.3 Å². The number of nitrogens with zero attached hydrogens (tertiary/aromatic N) is 2. The number of carbonyl (C=O) groups is 1. The van der Waals surface area contributed by atoms with Crippen molar-refractivity contribution < 1.29 is 9.32 Å². The minimum Gasteiger partial charge on any atom is -0.355 e. The maximum atomic E-state index is 12.3. The van der Waals surface area contributed by atoms with Crippen LogP contribution in [-0.2, 0) is 0 Å². The molecule has 1 aromatic heterocycles. The van der Waals surface area contributed by atoms with Crippen molar-refractivity contribution in [1.82, 2.24) is 5.16 Å². The van der Waals surface area contributed by atoms with E-state index in [9.17, 15) is 4.79 Å². The Labute approximate surface area is 126 Å². The zero-order chi connectivity index (χ0) is 15.4. The summed E-state index contributed by atoms with van der Waals surface area (Å²) in [7, 11) is 0. The molecule has 1 heterocycles. The molecule has 0 saturated heterocycles. The molecular formula is C17H11N3O2. The highest BCUT2D eigenvalue weighted by atomic mass is 16.5. The van der Waals surface area contributed by atoms with E-state index >= 15 is 0 Å². The van der Waals surface area contributed by atoms with Crippen LogP contribution in [0.1, 0.15) is 15.9 Å². The number of aromatic nitrogens is 1. The number of benzene rings is 2. The second-order valence-corrected chi connectivity index (χ2v) is 4.58. The predicted octanol–water partition coefficient (Wildman–Crippen LogP) is 3.47. The molecule has 0 aliphatic heterocycles. The molecule has 0 bridgehead atoms. The maximum absolute atomic E-state index is 12.3. The number of anilines is 1. The van der Waals surface area contributed by atoms with Gasteiger partial charge < -0.3 is 9.84 Å². The van der Waals surface area contributed by atoms with Crippen LogP contribution < -0.4 is 5.32 Å². The quantitative estimate of drug-likeness (QED) is 0.800. The van der Waals surface area contributed by atoms with Crippen LogP contribution in [0.25, 0.3) is 11.3 Å². The van der Waals surface area contributed by atoms with Gasteiger partial charge in [0.2, 0.25) is 0 Å². The molecule has 2 aromatic carbocycles. The van der Waals surface area contributed by atoms with Crippen LogP contribution in [0, 0.1) is 11.3 Å². The van der Waals surface area contributed by atoms with Gasteiger partial charge in [-0.2, -0.15) is 5.26 Å². The van der Waals surface area contributed by atoms with E-state index in [2.05, 4.69) is 10.5 Å². The summed E-state index contributed by atoms with van der Waals surface area (Å²) < 4.78 is 5.19. The van der Waals surface area contributed by atoms with Crippen LogP contribution in [0.2, 0.25) is 0 Å². The SMILES string of the molecule is N#Cc1ccc(NC(=O)c2cnoc2-c2ccccc2)cc1. The molecular weight excluding hydrogens is 278 g/mol. The van der Waals surface area contributed by atoms with Crippen LogP contribution in [-0.4, -0.2) is 11.1 Å². The minimum absolute atomic E-state index is 0.315. The van der Waals surface area contributed by atoms with Gasteiger partial charge >= 0.3 is 0 Å². The Morgan fingerprint density at radius 1 is 1.09 bits per heavy atom. The highest BCUT2D eigenvalue weighted by molar-refractivity contribution is 6.07. The van der Waals surface area contributed by atoms with Crippen molar-refractivity contribution in [2.24, 2.45) is 0 Å². The second kappa shape index (κ2) is 5.94. The van der Waals surface area contributed by atoms with Crippen LogP contribution >= 0.6 is 0 Å². The van der Waals surface area contributed by atoms with Gasteiger partial charge in [-0.05, 0) is 24.3 Å². The van der Waals surface area contributed by atoms with E-state index < -0.39 is 0 Å². The lowest BCUT2D eigenvalue weighted by atomic mass is 10.1. The van der Waals surface area contributed by atoms with E-state index in [1.165, 1.54) is 6.20 Å². The fourth-order valence-corrected chi connectivity index (χ4v) is 2.03. The van der Waals surface area contributed by atoms with Gasteiger partial charge in [-0.1, -0.05) is 35.5 Å². The fraction of sp³-hybridized carbons (Fsp3) is 0. The van der Waals surface area contributed by atoms with Crippen LogP contribution in [0.5, 0.6) is 0 Å². The van der Waals surface area contributed by atoms with E-state index in [0.29, 0.717) is 22.6 Å². The number of nitrogens with one attached hydrogen (secondary N) is 1. The molecule has 0 radical (unpaired) electrons.